The highest BCUT2D eigenvalue weighted by Gasteiger charge is 2.29. The van der Waals surface area contributed by atoms with Gasteiger partial charge in [-0.25, -0.2) is 0 Å². The van der Waals surface area contributed by atoms with Crippen LogP contribution in [0.2, 0.25) is 0 Å². The van der Waals surface area contributed by atoms with Crippen LogP contribution in [0.4, 0.5) is 5.69 Å². The van der Waals surface area contributed by atoms with Crippen molar-refractivity contribution in [2.45, 2.75) is 43.3 Å². The number of fused-ring (bicyclic) bond motifs is 1. The van der Waals surface area contributed by atoms with E-state index in [-0.39, 0.29) is 17.4 Å². The molecule has 0 atom stereocenters. The van der Waals surface area contributed by atoms with E-state index < -0.39 is 0 Å². The number of thioether (sulfide) groups is 1. The van der Waals surface area contributed by atoms with Crippen molar-refractivity contribution in [2.24, 2.45) is 0 Å². The quantitative estimate of drug-likeness (QED) is 0.466. The van der Waals surface area contributed by atoms with Gasteiger partial charge in [0.15, 0.2) is 11.9 Å². The molecule has 1 aromatic heterocycles. The molecule has 0 radical (unpaired) electrons. The molecule has 0 saturated heterocycles. The first-order valence-corrected chi connectivity index (χ1v) is 8.67. The van der Waals surface area contributed by atoms with Crippen LogP contribution >= 0.6 is 11.8 Å². The fraction of sp³-hybridized carbons (Fsp3) is 0.467. The molecule has 4 rings (SSSR count). The van der Waals surface area contributed by atoms with Gasteiger partial charge in [0.05, 0.1) is 11.5 Å². The van der Waals surface area contributed by atoms with Crippen molar-refractivity contribution < 1.29 is 14.4 Å². The molecule has 2 aromatic rings. The number of benzene rings is 1. The third-order valence-electron chi connectivity index (χ3n) is 4.09. The Bertz CT molecular complexity index is 803. The molecule has 1 aromatic carbocycles. The Hall–Kier alpha value is -2.13. The van der Waals surface area contributed by atoms with E-state index in [1.165, 1.54) is 17.8 Å². The van der Waals surface area contributed by atoms with Crippen LogP contribution in [0.15, 0.2) is 17.3 Å². The lowest BCUT2D eigenvalue weighted by Crippen LogP contribution is -2.13. The lowest BCUT2D eigenvalue weighted by atomic mass is 10.1. The minimum absolute atomic E-state index is 0.0540. The summed E-state index contributed by atoms with van der Waals surface area (Å²) in [4.78, 5) is 10.8. The standard InChI is InChI=1S/C15H16N4O4S/c1-9-16-17-15(18(9)12-2-3-12)24-7-11-5-13(19(20)21)4-10-6-22-8-23-14(10)11/h4-5,12H,2-3,6-8H2,1H3. The van der Waals surface area contributed by atoms with Crippen molar-refractivity contribution in [3.8, 4) is 5.75 Å². The lowest BCUT2D eigenvalue weighted by Gasteiger charge is -2.20. The topological polar surface area (TPSA) is 92.3 Å². The maximum atomic E-state index is 11.2. The fourth-order valence-electron chi connectivity index (χ4n) is 2.84. The first kappa shape index (κ1) is 15.4. The molecule has 1 aliphatic heterocycles. The number of ether oxygens (including phenoxy) is 2. The summed E-state index contributed by atoms with van der Waals surface area (Å²) in [6.07, 6.45) is 2.30. The van der Waals surface area contributed by atoms with E-state index >= 15 is 0 Å². The molecule has 0 N–H and O–H groups in total. The van der Waals surface area contributed by atoms with Crippen molar-refractivity contribution in [1.82, 2.24) is 14.8 Å². The molecule has 8 nitrogen and oxygen atoms in total. The van der Waals surface area contributed by atoms with Gasteiger partial charge in [-0.2, -0.15) is 0 Å². The van der Waals surface area contributed by atoms with E-state index in [1.54, 1.807) is 6.07 Å². The van der Waals surface area contributed by atoms with Crippen molar-refractivity contribution in [3.05, 3.63) is 39.2 Å². The number of aromatic nitrogens is 3. The molecule has 2 heterocycles. The van der Waals surface area contributed by atoms with Gasteiger partial charge in [-0.1, -0.05) is 11.8 Å². The van der Waals surface area contributed by atoms with Crippen molar-refractivity contribution >= 4 is 17.4 Å². The Balaban J connectivity index is 1.62. The zero-order valence-electron chi connectivity index (χ0n) is 13.1. The van der Waals surface area contributed by atoms with Crippen LogP contribution in [-0.2, 0) is 17.1 Å². The number of hydrogen-bond donors (Lipinski definition) is 0. The molecule has 126 valence electrons. The average Bonchev–Trinajstić information content (AvgIpc) is 3.35. The Labute approximate surface area is 142 Å². The molecular weight excluding hydrogens is 332 g/mol. The molecule has 0 bridgehead atoms. The first-order valence-electron chi connectivity index (χ1n) is 7.68. The fourth-order valence-corrected chi connectivity index (χ4v) is 3.86. The van der Waals surface area contributed by atoms with E-state index in [0.29, 0.717) is 29.7 Å². The van der Waals surface area contributed by atoms with Gasteiger partial charge in [0.25, 0.3) is 5.69 Å². The third kappa shape index (κ3) is 2.84. The highest BCUT2D eigenvalue weighted by Crippen LogP contribution is 2.40. The van der Waals surface area contributed by atoms with Crippen LogP contribution in [0.5, 0.6) is 5.75 Å². The maximum absolute atomic E-state index is 11.2. The van der Waals surface area contributed by atoms with Crippen LogP contribution in [0, 0.1) is 17.0 Å². The van der Waals surface area contributed by atoms with Crippen LogP contribution in [-0.4, -0.2) is 26.5 Å². The predicted molar refractivity (Wildman–Crippen MR) is 86.0 cm³/mol. The molecule has 1 fully saturated rings. The van der Waals surface area contributed by atoms with Crippen molar-refractivity contribution in [2.75, 3.05) is 6.79 Å². The normalized spacial score (nSPS) is 16.5. The number of rotatable bonds is 5. The first-order chi connectivity index (χ1) is 11.6. The minimum Gasteiger partial charge on any atom is -0.467 e. The Morgan fingerprint density at radius 3 is 3.00 bits per heavy atom. The minimum atomic E-state index is -0.389. The van der Waals surface area contributed by atoms with E-state index in [2.05, 4.69) is 14.8 Å². The SMILES string of the molecule is Cc1nnc(SCc2cc([N+](=O)[O-])cc3c2OCOC3)n1C1CC1. The second-order valence-electron chi connectivity index (χ2n) is 5.88. The van der Waals surface area contributed by atoms with Gasteiger partial charge in [0.1, 0.15) is 11.6 Å². The van der Waals surface area contributed by atoms with Crippen LogP contribution in [0.3, 0.4) is 0 Å². The smallest absolute Gasteiger partial charge is 0.270 e. The van der Waals surface area contributed by atoms with Gasteiger partial charge in [-0.3, -0.25) is 10.1 Å². The van der Waals surface area contributed by atoms with E-state index in [1.807, 2.05) is 6.92 Å². The van der Waals surface area contributed by atoms with Crippen LogP contribution < -0.4 is 4.74 Å². The number of aryl methyl sites for hydroxylation is 1. The summed E-state index contributed by atoms with van der Waals surface area (Å²) in [6.45, 7) is 2.44. The number of nitro benzene ring substituents is 1. The molecule has 1 aliphatic carbocycles. The molecule has 0 spiro atoms. The molecular formula is C15H16N4O4S. The summed E-state index contributed by atoms with van der Waals surface area (Å²) in [7, 11) is 0. The summed E-state index contributed by atoms with van der Waals surface area (Å²) >= 11 is 1.53. The zero-order chi connectivity index (χ0) is 16.7. The van der Waals surface area contributed by atoms with Gasteiger partial charge in [0.2, 0.25) is 0 Å². The number of non-ortho nitro benzene ring substituents is 1. The summed E-state index contributed by atoms with van der Waals surface area (Å²) < 4.78 is 13.0. The molecule has 0 amide bonds. The summed E-state index contributed by atoms with van der Waals surface area (Å²) in [5.74, 6) is 2.13. The van der Waals surface area contributed by atoms with Crippen LogP contribution in [0.25, 0.3) is 0 Å². The van der Waals surface area contributed by atoms with Gasteiger partial charge in [-0.15, -0.1) is 10.2 Å². The highest BCUT2D eigenvalue weighted by atomic mass is 32.2. The van der Waals surface area contributed by atoms with Gasteiger partial charge < -0.3 is 14.0 Å². The zero-order valence-corrected chi connectivity index (χ0v) is 13.9. The van der Waals surface area contributed by atoms with Crippen LogP contribution in [0.1, 0.15) is 35.8 Å². The van der Waals surface area contributed by atoms with Crippen molar-refractivity contribution in [1.29, 1.82) is 0 Å². The van der Waals surface area contributed by atoms with Crippen molar-refractivity contribution in [3.63, 3.8) is 0 Å². The third-order valence-corrected chi connectivity index (χ3v) is 5.08. The molecule has 1 saturated carbocycles. The molecule has 0 unspecified atom stereocenters. The Morgan fingerprint density at radius 2 is 2.25 bits per heavy atom. The van der Waals surface area contributed by atoms with E-state index in [9.17, 15) is 10.1 Å². The predicted octanol–water partition coefficient (Wildman–Crippen LogP) is 2.99. The highest BCUT2D eigenvalue weighted by molar-refractivity contribution is 7.98. The Morgan fingerprint density at radius 1 is 1.42 bits per heavy atom. The average molecular weight is 348 g/mol. The summed E-state index contributed by atoms with van der Waals surface area (Å²) in [5, 5.41) is 20.4. The van der Waals surface area contributed by atoms with Gasteiger partial charge in [-0.05, 0) is 19.8 Å². The summed E-state index contributed by atoms with van der Waals surface area (Å²) in [5.41, 5.74) is 1.56. The second-order valence-corrected chi connectivity index (χ2v) is 6.82. The maximum Gasteiger partial charge on any atom is 0.270 e. The number of nitro groups is 1. The molecule has 9 heteroatoms. The number of hydrogen-bond acceptors (Lipinski definition) is 7. The summed E-state index contributed by atoms with van der Waals surface area (Å²) in [6, 6.07) is 3.58. The monoisotopic (exact) mass is 348 g/mol. The molecule has 24 heavy (non-hydrogen) atoms. The lowest BCUT2D eigenvalue weighted by molar-refractivity contribution is -0.385. The largest absolute Gasteiger partial charge is 0.467 e. The van der Waals surface area contributed by atoms with Gasteiger partial charge in [0, 0.05) is 35.1 Å². The second kappa shape index (κ2) is 6.06. The van der Waals surface area contributed by atoms with Gasteiger partial charge >= 0.3 is 0 Å². The Kier molecular flexibility index (Phi) is 3.89. The van der Waals surface area contributed by atoms with E-state index in [0.717, 1.165) is 29.4 Å². The van der Waals surface area contributed by atoms with E-state index in [4.69, 9.17) is 9.47 Å². The molecule has 2 aliphatic rings. The number of nitrogens with zero attached hydrogens (tertiary/aromatic N) is 4.